The van der Waals surface area contributed by atoms with Gasteiger partial charge in [0.15, 0.2) is 5.96 Å². The van der Waals surface area contributed by atoms with Gasteiger partial charge in [-0.3, -0.25) is 9.69 Å². The standard InChI is InChI=1S/C24H41N5O2/c1-7-25-23(27-19-12-15-29(16-13-19)18-22(30)28(5)6)26-14-17-31-21-11-9-8-10-20(21)24(2,3)4/h8-11,19H,7,12-18H2,1-6H3,(H2,25,26,27). The molecule has 7 heteroatoms. The first-order valence-electron chi connectivity index (χ1n) is 11.4. The molecule has 0 bridgehead atoms. The highest BCUT2D eigenvalue weighted by molar-refractivity contribution is 5.80. The van der Waals surface area contributed by atoms with E-state index in [0.717, 1.165) is 44.2 Å². The second-order valence-corrected chi connectivity index (χ2v) is 9.34. The van der Waals surface area contributed by atoms with Crippen LogP contribution in [0.15, 0.2) is 29.3 Å². The lowest BCUT2D eigenvalue weighted by Crippen LogP contribution is -2.50. The number of nitrogens with one attached hydrogen (secondary N) is 2. The number of nitrogens with zero attached hydrogens (tertiary/aromatic N) is 3. The Morgan fingerprint density at radius 3 is 2.52 bits per heavy atom. The van der Waals surface area contributed by atoms with E-state index >= 15 is 0 Å². The number of likely N-dealkylation sites (tertiary alicyclic amines) is 1. The molecule has 0 aromatic heterocycles. The average Bonchev–Trinajstić information content (AvgIpc) is 2.72. The van der Waals surface area contributed by atoms with Crippen LogP contribution < -0.4 is 15.4 Å². The molecule has 1 heterocycles. The van der Waals surface area contributed by atoms with Crippen LogP contribution in [-0.2, 0) is 10.2 Å². The minimum Gasteiger partial charge on any atom is -0.491 e. The van der Waals surface area contributed by atoms with Crippen LogP contribution in [0.2, 0.25) is 0 Å². The third-order valence-corrected chi connectivity index (χ3v) is 5.44. The fourth-order valence-corrected chi connectivity index (χ4v) is 3.61. The van der Waals surface area contributed by atoms with Gasteiger partial charge in [0.2, 0.25) is 5.91 Å². The van der Waals surface area contributed by atoms with Crippen molar-refractivity contribution in [2.75, 3.05) is 53.4 Å². The van der Waals surface area contributed by atoms with Crippen LogP contribution in [0.25, 0.3) is 0 Å². The number of carbonyl (C=O) groups is 1. The zero-order chi connectivity index (χ0) is 22.9. The van der Waals surface area contributed by atoms with Crippen molar-refractivity contribution in [2.45, 2.75) is 52.0 Å². The fraction of sp³-hybridized carbons (Fsp3) is 0.667. The van der Waals surface area contributed by atoms with Gasteiger partial charge >= 0.3 is 0 Å². The molecule has 0 saturated carbocycles. The van der Waals surface area contributed by atoms with E-state index in [2.05, 4.69) is 55.4 Å². The highest BCUT2D eigenvalue weighted by Crippen LogP contribution is 2.30. The van der Waals surface area contributed by atoms with Gasteiger partial charge < -0.3 is 20.3 Å². The summed E-state index contributed by atoms with van der Waals surface area (Å²) in [5.41, 5.74) is 1.26. The molecular weight excluding hydrogens is 390 g/mol. The smallest absolute Gasteiger partial charge is 0.236 e. The first-order chi connectivity index (χ1) is 14.7. The lowest BCUT2D eigenvalue weighted by Gasteiger charge is -2.33. The van der Waals surface area contributed by atoms with E-state index in [1.54, 1.807) is 19.0 Å². The SMILES string of the molecule is CCNC(=NCCOc1ccccc1C(C)(C)C)NC1CCN(CC(=O)N(C)C)CC1. The second-order valence-electron chi connectivity index (χ2n) is 9.34. The lowest BCUT2D eigenvalue weighted by molar-refractivity contribution is -0.130. The summed E-state index contributed by atoms with van der Waals surface area (Å²) in [5.74, 6) is 1.93. The van der Waals surface area contributed by atoms with Gasteiger partial charge in [-0.15, -0.1) is 0 Å². The van der Waals surface area contributed by atoms with E-state index < -0.39 is 0 Å². The molecular formula is C24H41N5O2. The molecule has 1 aliphatic heterocycles. The second kappa shape index (κ2) is 11.9. The summed E-state index contributed by atoms with van der Waals surface area (Å²) in [7, 11) is 3.61. The van der Waals surface area contributed by atoms with Crippen molar-refractivity contribution in [1.82, 2.24) is 20.4 Å². The zero-order valence-electron chi connectivity index (χ0n) is 20.2. The molecule has 2 rings (SSSR count). The Morgan fingerprint density at radius 1 is 1.23 bits per heavy atom. The molecule has 1 aliphatic rings. The topological polar surface area (TPSA) is 69.2 Å². The largest absolute Gasteiger partial charge is 0.491 e. The molecule has 174 valence electrons. The van der Waals surface area contributed by atoms with Crippen molar-refractivity contribution in [1.29, 1.82) is 0 Å². The number of ether oxygens (including phenoxy) is 1. The fourth-order valence-electron chi connectivity index (χ4n) is 3.61. The van der Waals surface area contributed by atoms with Crippen LogP contribution in [-0.4, -0.2) is 81.1 Å². The molecule has 1 aromatic carbocycles. The normalized spacial score (nSPS) is 16.1. The average molecular weight is 432 g/mol. The number of carbonyl (C=O) groups excluding carboxylic acids is 1. The number of aliphatic imine (C=N–C) groups is 1. The van der Waals surface area contributed by atoms with E-state index in [4.69, 9.17) is 9.73 Å². The van der Waals surface area contributed by atoms with Gasteiger partial charge in [0.05, 0.1) is 13.1 Å². The maximum absolute atomic E-state index is 11.9. The van der Waals surface area contributed by atoms with Crippen LogP contribution in [0.4, 0.5) is 0 Å². The number of piperidine rings is 1. The first-order valence-corrected chi connectivity index (χ1v) is 11.4. The van der Waals surface area contributed by atoms with Gasteiger partial charge in [0.1, 0.15) is 12.4 Å². The number of hydrogen-bond donors (Lipinski definition) is 2. The third-order valence-electron chi connectivity index (χ3n) is 5.44. The molecule has 7 nitrogen and oxygen atoms in total. The van der Waals surface area contributed by atoms with Crippen molar-refractivity contribution >= 4 is 11.9 Å². The molecule has 1 fully saturated rings. The van der Waals surface area contributed by atoms with E-state index in [9.17, 15) is 4.79 Å². The van der Waals surface area contributed by atoms with Crippen LogP contribution in [0.5, 0.6) is 5.75 Å². The molecule has 0 radical (unpaired) electrons. The number of guanidine groups is 1. The Balaban J connectivity index is 1.82. The molecule has 1 amide bonds. The molecule has 2 N–H and O–H groups in total. The predicted molar refractivity (Wildman–Crippen MR) is 128 cm³/mol. The monoisotopic (exact) mass is 431 g/mol. The van der Waals surface area contributed by atoms with Crippen molar-refractivity contribution in [2.24, 2.45) is 4.99 Å². The Bertz CT molecular complexity index is 719. The molecule has 0 spiro atoms. The van der Waals surface area contributed by atoms with Crippen molar-refractivity contribution in [3.8, 4) is 5.75 Å². The summed E-state index contributed by atoms with van der Waals surface area (Å²) in [6.45, 7) is 12.9. The maximum Gasteiger partial charge on any atom is 0.236 e. The highest BCUT2D eigenvalue weighted by Gasteiger charge is 2.22. The minimum atomic E-state index is 0.0440. The van der Waals surface area contributed by atoms with Crippen LogP contribution in [0, 0.1) is 0 Å². The molecule has 1 aromatic rings. The summed E-state index contributed by atoms with van der Waals surface area (Å²) >= 11 is 0. The van der Waals surface area contributed by atoms with Gasteiger partial charge in [0, 0.05) is 39.8 Å². The van der Waals surface area contributed by atoms with E-state index in [-0.39, 0.29) is 11.3 Å². The Hall–Kier alpha value is -2.28. The summed E-state index contributed by atoms with van der Waals surface area (Å²) in [6, 6.07) is 8.59. The molecule has 31 heavy (non-hydrogen) atoms. The Labute approximate surface area is 188 Å². The Morgan fingerprint density at radius 2 is 1.90 bits per heavy atom. The van der Waals surface area contributed by atoms with Crippen molar-refractivity contribution < 1.29 is 9.53 Å². The number of amides is 1. The summed E-state index contributed by atoms with van der Waals surface area (Å²) in [5, 5.41) is 6.88. The van der Waals surface area contributed by atoms with Crippen molar-refractivity contribution in [3.63, 3.8) is 0 Å². The van der Waals surface area contributed by atoms with Gasteiger partial charge in [-0.1, -0.05) is 39.0 Å². The van der Waals surface area contributed by atoms with Gasteiger partial charge in [-0.2, -0.15) is 0 Å². The number of para-hydroxylation sites is 1. The maximum atomic E-state index is 11.9. The predicted octanol–water partition coefficient (Wildman–Crippen LogP) is 2.47. The first kappa shape index (κ1) is 25.0. The molecule has 0 unspecified atom stereocenters. The number of benzene rings is 1. The quantitative estimate of drug-likeness (QED) is 0.376. The summed E-state index contributed by atoms with van der Waals surface area (Å²) in [6.07, 6.45) is 2.00. The minimum absolute atomic E-state index is 0.0440. The highest BCUT2D eigenvalue weighted by atomic mass is 16.5. The zero-order valence-corrected chi connectivity index (χ0v) is 20.2. The van der Waals surface area contributed by atoms with E-state index in [1.807, 2.05) is 12.1 Å². The van der Waals surface area contributed by atoms with Crippen LogP contribution in [0.3, 0.4) is 0 Å². The lowest BCUT2D eigenvalue weighted by atomic mass is 9.86. The number of rotatable bonds is 8. The van der Waals surface area contributed by atoms with Gasteiger partial charge in [0.25, 0.3) is 0 Å². The molecule has 0 aliphatic carbocycles. The van der Waals surface area contributed by atoms with Crippen LogP contribution >= 0.6 is 0 Å². The number of hydrogen-bond acceptors (Lipinski definition) is 4. The summed E-state index contributed by atoms with van der Waals surface area (Å²) in [4.78, 5) is 20.5. The molecule has 0 atom stereocenters. The van der Waals surface area contributed by atoms with Crippen molar-refractivity contribution in [3.05, 3.63) is 29.8 Å². The third kappa shape index (κ3) is 8.40. The van der Waals surface area contributed by atoms with Crippen LogP contribution in [0.1, 0.15) is 46.1 Å². The van der Waals surface area contributed by atoms with E-state index in [1.165, 1.54) is 5.56 Å². The molecule has 1 saturated heterocycles. The van der Waals surface area contributed by atoms with Gasteiger partial charge in [-0.25, -0.2) is 4.99 Å². The number of likely N-dealkylation sites (N-methyl/N-ethyl adjacent to an activating group) is 1. The van der Waals surface area contributed by atoms with Gasteiger partial charge in [-0.05, 0) is 36.8 Å². The van der Waals surface area contributed by atoms with E-state index in [0.29, 0.717) is 25.7 Å². The Kier molecular flexibility index (Phi) is 9.62. The summed E-state index contributed by atoms with van der Waals surface area (Å²) < 4.78 is 6.05.